The average Bonchev–Trinajstić information content (AvgIpc) is 3.29. The molecule has 1 aromatic rings. The topological polar surface area (TPSA) is 75.6 Å². The number of ether oxygens (including phenoxy) is 1. The first kappa shape index (κ1) is 19.1. The minimum absolute atomic E-state index is 0.106. The molecule has 0 spiro atoms. The molecule has 0 bridgehead atoms. The van der Waals surface area contributed by atoms with Gasteiger partial charge in [-0.3, -0.25) is 9.59 Å². The zero-order valence-corrected chi connectivity index (χ0v) is 13.5. The van der Waals surface area contributed by atoms with Gasteiger partial charge in [0.05, 0.1) is 0 Å². The lowest BCUT2D eigenvalue weighted by atomic mass is 10.1. The zero-order chi connectivity index (χ0) is 18.4. The lowest BCUT2D eigenvalue weighted by Crippen LogP contribution is -2.26. The second-order valence-electron chi connectivity index (χ2n) is 6.03. The van der Waals surface area contributed by atoms with Gasteiger partial charge >= 0.3 is 12.3 Å². The molecule has 1 aromatic carbocycles. The van der Waals surface area contributed by atoms with Crippen LogP contribution in [-0.4, -0.2) is 29.9 Å². The van der Waals surface area contributed by atoms with Crippen LogP contribution >= 0.6 is 0 Å². The number of hydrogen-bond acceptors (Lipinski definition) is 3. The number of carboxylic acids is 1. The highest BCUT2D eigenvalue weighted by molar-refractivity contribution is 5.83. The molecule has 1 aliphatic rings. The van der Waals surface area contributed by atoms with Crippen molar-refractivity contribution in [3.8, 4) is 5.75 Å². The number of hydrogen-bond donors (Lipinski definition) is 2. The maximum Gasteiger partial charge on any atom is 0.573 e. The highest BCUT2D eigenvalue weighted by atomic mass is 19.4. The van der Waals surface area contributed by atoms with Crippen LogP contribution in [-0.2, 0) is 9.59 Å². The molecule has 0 aromatic heterocycles. The molecule has 2 N–H and O–H groups in total. The standard InChI is InChI=1S/C17H20F3NO4/c18-17(19,20)25-14-7-4-3-6-11(14)12-10-13(12)16(24)21-9-5-1-2-8-15(22)23/h3-4,6-7,12-13H,1-2,5,8-10H2,(H,21,24)(H,22,23). The molecule has 5 nitrogen and oxygen atoms in total. The van der Waals surface area contributed by atoms with E-state index in [1.807, 2.05) is 0 Å². The Balaban J connectivity index is 1.78. The van der Waals surface area contributed by atoms with Gasteiger partial charge in [0, 0.05) is 18.9 Å². The van der Waals surface area contributed by atoms with Crippen molar-refractivity contribution in [3.05, 3.63) is 29.8 Å². The van der Waals surface area contributed by atoms with Crippen molar-refractivity contribution < 1.29 is 32.6 Å². The molecule has 1 aliphatic carbocycles. The van der Waals surface area contributed by atoms with E-state index in [1.54, 1.807) is 12.1 Å². The third-order valence-corrected chi connectivity index (χ3v) is 4.04. The fraction of sp³-hybridized carbons (Fsp3) is 0.529. The Morgan fingerprint density at radius 2 is 1.92 bits per heavy atom. The number of benzene rings is 1. The van der Waals surface area contributed by atoms with Crippen molar-refractivity contribution in [1.29, 1.82) is 0 Å². The first-order chi connectivity index (χ1) is 11.8. The largest absolute Gasteiger partial charge is 0.573 e. The second kappa shape index (κ2) is 8.22. The molecule has 2 unspecified atom stereocenters. The fourth-order valence-corrected chi connectivity index (χ4v) is 2.75. The van der Waals surface area contributed by atoms with Gasteiger partial charge in [-0.05, 0) is 36.8 Å². The number of carbonyl (C=O) groups excluding carboxylic acids is 1. The number of para-hydroxylation sites is 1. The summed E-state index contributed by atoms with van der Waals surface area (Å²) >= 11 is 0. The molecular weight excluding hydrogens is 339 g/mol. The lowest BCUT2D eigenvalue weighted by Gasteiger charge is -2.13. The Bertz CT molecular complexity index is 618. The van der Waals surface area contributed by atoms with Crippen molar-refractivity contribution in [1.82, 2.24) is 5.32 Å². The monoisotopic (exact) mass is 359 g/mol. The molecular formula is C17H20F3NO4. The van der Waals surface area contributed by atoms with Crippen LogP contribution in [0.25, 0.3) is 0 Å². The smallest absolute Gasteiger partial charge is 0.481 e. The fourth-order valence-electron chi connectivity index (χ4n) is 2.75. The molecule has 2 atom stereocenters. The average molecular weight is 359 g/mol. The minimum Gasteiger partial charge on any atom is -0.481 e. The molecule has 1 fully saturated rings. The molecule has 25 heavy (non-hydrogen) atoms. The number of unbranched alkanes of at least 4 members (excludes halogenated alkanes) is 2. The van der Waals surface area contributed by atoms with Gasteiger partial charge in [0.15, 0.2) is 0 Å². The van der Waals surface area contributed by atoms with E-state index in [0.29, 0.717) is 37.8 Å². The summed E-state index contributed by atoms with van der Waals surface area (Å²) in [5.41, 5.74) is 0.390. The molecule has 1 saturated carbocycles. The van der Waals surface area contributed by atoms with Crippen LogP contribution in [0.15, 0.2) is 24.3 Å². The van der Waals surface area contributed by atoms with Crippen LogP contribution < -0.4 is 10.1 Å². The van der Waals surface area contributed by atoms with Gasteiger partial charge in [-0.1, -0.05) is 24.6 Å². The predicted molar refractivity (Wildman–Crippen MR) is 83.1 cm³/mol. The number of carboxylic acid groups (broad SMARTS) is 1. The maximum absolute atomic E-state index is 12.4. The summed E-state index contributed by atoms with van der Waals surface area (Å²) < 4.78 is 41.3. The van der Waals surface area contributed by atoms with E-state index in [9.17, 15) is 22.8 Å². The van der Waals surface area contributed by atoms with Gasteiger partial charge in [0.25, 0.3) is 0 Å². The van der Waals surface area contributed by atoms with Gasteiger partial charge < -0.3 is 15.2 Å². The van der Waals surface area contributed by atoms with E-state index in [2.05, 4.69) is 10.1 Å². The second-order valence-corrected chi connectivity index (χ2v) is 6.03. The Kier molecular flexibility index (Phi) is 6.27. The quantitative estimate of drug-likeness (QED) is 0.662. The van der Waals surface area contributed by atoms with Crippen molar-refractivity contribution >= 4 is 11.9 Å². The van der Waals surface area contributed by atoms with Gasteiger partial charge in [0.1, 0.15) is 5.75 Å². The summed E-state index contributed by atoms with van der Waals surface area (Å²) in [6.07, 6.45) is -2.25. The molecule has 0 saturated heterocycles. The molecule has 2 rings (SSSR count). The van der Waals surface area contributed by atoms with Crippen molar-refractivity contribution in [2.24, 2.45) is 5.92 Å². The molecule has 0 aliphatic heterocycles. The zero-order valence-electron chi connectivity index (χ0n) is 13.5. The number of halogens is 3. The number of rotatable bonds is 9. The number of amides is 1. The van der Waals surface area contributed by atoms with Crippen LogP contribution in [0.1, 0.15) is 43.6 Å². The Morgan fingerprint density at radius 1 is 1.20 bits per heavy atom. The van der Waals surface area contributed by atoms with E-state index in [-0.39, 0.29) is 29.9 Å². The van der Waals surface area contributed by atoms with E-state index < -0.39 is 12.3 Å². The normalized spacial score (nSPS) is 19.3. The summed E-state index contributed by atoms with van der Waals surface area (Å²) in [7, 11) is 0. The first-order valence-electron chi connectivity index (χ1n) is 8.12. The SMILES string of the molecule is O=C(O)CCCCCNC(=O)C1CC1c1ccccc1OC(F)(F)F. The third-order valence-electron chi connectivity index (χ3n) is 4.04. The highest BCUT2D eigenvalue weighted by Gasteiger charge is 2.46. The number of aliphatic carboxylic acids is 1. The first-order valence-corrected chi connectivity index (χ1v) is 8.12. The van der Waals surface area contributed by atoms with Crippen LogP contribution in [0.5, 0.6) is 5.75 Å². The van der Waals surface area contributed by atoms with Gasteiger partial charge in [-0.25, -0.2) is 0 Å². The van der Waals surface area contributed by atoms with Crippen molar-refractivity contribution in [2.75, 3.05) is 6.54 Å². The lowest BCUT2D eigenvalue weighted by molar-refractivity contribution is -0.274. The Morgan fingerprint density at radius 3 is 2.60 bits per heavy atom. The van der Waals surface area contributed by atoms with E-state index in [0.717, 1.165) is 0 Å². The predicted octanol–water partition coefficient (Wildman–Crippen LogP) is 3.45. The van der Waals surface area contributed by atoms with Gasteiger partial charge in [0.2, 0.25) is 5.91 Å². The summed E-state index contributed by atoms with van der Waals surface area (Å²) in [5.74, 6) is -1.92. The molecule has 1 amide bonds. The van der Waals surface area contributed by atoms with Crippen LogP contribution in [0, 0.1) is 5.92 Å². The van der Waals surface area contributed by atoms with Crippen molar-refractivity contribution in [2.45, 2.75) is 44.4 Å². The highest BCUT2D eigenvalue weighted by Crippen LogP contribution is 2.50. The summed E-state index contributed by atoms with van der Waals surface area (Å²) in [5, 5.41) is 11.3. The third kappa shape index (κ3) is 6.28. The molecule has 0 heterocycles. The summed E-state index contributed by atoms with van der Waals surface area (Å²) in [4.78, 5) is 22.4. The van der Waals surface area contributed by atoms with Gasteiger partial charge in [-0.2, -0.15) is 0 Å². The Hall–Kier alpha value is -2.25. The molecule has 0 radical (unpaired) electrons. The van der Waals surface area contributed by atoms with E-state index in [1.165, 1.54) is 12.1 Å². The number of carbonyl (C=O) groups is 2. The molecule has 138 valence electrons. The number of nitrogens with one attached hydrogen (secondary N) is 1. The van der Waals surface area contributed by atoms with E-state index >= 15 is 0 Å². The van der Waals surface area contributed by atoms with Crippen LogP contribution in [0.3, 0.4) is 0 Å². The Labute approximate surface area is 143 Å². The maximum atomic E-state index is 12.4. The molecule has 8 heteroatoms. The van der Waals surface area contributed by atoms with Crippen molar-refractivity contribution in [3.63, 3.8) is 0 Å². The van der Waals surface area contributed by atoms with Crippen LogP contribution in [0.4, 0.5) is 13.2 Å². The van der Waals surface area contributed by atoms with Crippen LogP contribution in [0.2, 0.25) is 0 Å². The van der Waals surface area contributed by atoms with Gasteiger partial charge in [-0.15, -0.1) is 13.2 Å². The van der Waals surface area contributed by atoms with E-state index in [4.69, 9.17) is 5.11 Å². The minimum atomic E-state index is -4.77. The summed E-state index contributed by atoms with van der Waals surface area (Å²) in [6, 6.07) is 5.87. The number of alkyl halides is 3. The summed E-state index contributed by atoms with van der Waals surface area (Å²) in [6.45, 7) is 0.433.